The van der Waals surface area contributed by atoms with Crippen LogP contribution in [-0.2, 0) is 10.0 Å². The molecule has 0 saturated heterocycles. The van der Waals surface area contributed by atoms with Gasteiger partial charge in [-0.15, -0.1) is 0 Å². The molecule has 1 saturated carbocycles. The Bertz CT molecular complexity index is 528. The molecule has 0 aliphatic heterocycles. The Morgan fingerprint density at radius 2 is 1.89 bits per heavy atom. The number of anilines is 1. The molecule has 6 heteroatoms. The lowest BCUT2D eigenvalue weighted by atomic mass is 10.2. The minimum Gasteiger partial charge on any atom is -0.489 e. The number of ether oxygens (including phenoxy) is 2. The lowest BCUT2D eigenvalue weighted by Gasteiger charge is -2.18. The molecule has 0 radical (unpaired) electrons. The van der Waals surface area contributed by atoms with Gasteiger partial charge in [0.25, 0.3) is 0 Å². The third-order valence-corrected chi connectivity index (χ3v) is 3.03. The monoisotopic (exact) mass is 285 g/mol. The standard InChI is InChI=1S/C13H19NO4S/c1-9(2)17-11-5-4-6-12(18-10-7-8-10)13(11)14-19(3,15)16/h4-6,9-10,14H,7-8H2,1-3H3. The maximum atomic E-state index is 11.5. The van der Waals surface area contributed by atoms with Crippen molar-refractivity contribution in [1.29, 1.82) is 0 Å². The van der Waals surface area contributed by atoms with E-state index in [2.05, 4.69) is 4.72 Å². The Hall–Kier alpha value is -1.43. The molecule has 0 atom stereocenters. The smallest absolute Gasteiger partial charge is 0.230 e. The van der Waals surface area contributed by atoms with Crippen LogP contribution in [0.5, 0.6) is 11.5 Å². The van der Waals surface area contributed by atoms with Crippen LogP contribution in [0.1, 0.15) is 26.7 Å². The second kappa shape index (κ2) is 5.28. The molecule has 0 amide bonds. The van der Waals surface area contributed by atoms with Crippen molar-refractivity contribution >= 4 is 15.7 Å². The summed E-state index contributed by atoms with van der Waals surface area (Å²) in [6, 6.07) is 5.27. The summed E-state index contributed by atoms with van der Waals surface area (Å²) in [6.45, 7) is 3.78. The first-order chi connectivity index (χ1) is 8.85. The van der Waals surface area contributed by atoms with Crippen LogP contribution in [0.3, 0.4) is 0 Å². The van der Waals surface area contributed by atoms with Crippen molar-refractivity contribution in [2.24, 2.45) is 0 Å². The van der Waals surface area contributed by atoms with Crippen molar-refractivity contribution in [3.8, 4) is 11.5 Å². The van der Waals surface area contributed by atoms with Crippen LogP contribution in [0, 0.1) is 0 Å². The van der Waals surface area contributed by atoms with E-state index >= 15 is 0 Å². The molecule has 1 aliphatic rings. The third kappa shape index (κ3) is 4.31. The van der Waals surface area contributed by atoms with Crippen LogP contribution in [0.15, 0.2) is 18.2 Å². The number of hydrogen-bond donors (Lipinski definition) is 1. The highest BCUT2D eigenvalue weighted by atomic mass is 32.2. The van der Waals surface area contributed by atoms with Gasteiger partial charge >= 0.3 is 0 Å². The summed E-state index contributed by atoms with van der Waals surface area (Å²) >= 11 is 0. The Morgan fingerprint density at radius 1 is 1.26 bits per heavy atom. The van der Waals surface area contributed by atoms with Crippen LogP contribution >= 0.6 is 0 Å². The molecule has 1 fully saturated rings. The molecule has 1 aliphatic carbocycles. The quantitative estimate of drug-likeness (QED) is 0.871. The normalized spacial score (nSPS) is 15.4. The highest BCUT2D eigenvalue weighted by Gasteiger charge is 2.26. The zero-order chi connectivity index (χ0) is 14.0. The molecule has 1 N–H and O–H groups in total. The Kier molecular flexibility index (Phi) is 3.89. The summed E-state index contributed by atoms with van der Waals surface area (Å²) in [5.41, 5.74) is 0.380. The average Bonchev–Trinajstić information content (AvgIpc) is 3.04. The topological polar surface area (TPSA) is 64.6 Å². The fraction of sp³-hybridized carbons (Fsp3) is 0.538. The van der Waals surface area contributed by atoms with E-state index in [1.807, 2.05) is 13.8 Å². The number of hydrogen-bond acceptors (Lipinski definition) is 4. The molecule has 0 bridgehead atoms. The fourth-order valence-electron chi connectivity index (χ4n) is 1.61. The van der Waals surface area contributed by atoms with Gasteiger partial charge in [-0.25, -0.2) is 8.42 Å². The van der Waals surface area contributed by atoms with Crippen molar-refractivity contribution in [1.82, 2.24) is 0 Å². The van der Waals surface area contributed by atoms with E-state index in [0.29, 0.717) is 17.2 Å². The molecule has 0 aromatic heterocycles. The Morgan fingerprint density at radius 3 is 2.42 bits per heavy atom. The molecule has 0 spiro atoms. The number of benzene rings is 1. The van der Waals surface area contributed by atoms with Gasteiger partial charge in [-0.2, -0.15) is 0 Å². The summed E-state index contributed by atoms with van der Waals surface area (Å²) < 4.78 is 36.8. The maximum Gasteiger partial charge on any atom is 0.230 e. The largest absolute Gasteiger partial charge is 0.489 e. The van der Waals surface area contributed by atoms with E-state index in [1.165, 1.54) is 0 Å². The molecule has 0 unspecified atom stereocenters. The molecule has 19 heavy (non-hydrogen) atoms. The van der Waals surface area contributed by atoms with Crippen LogP contribution in [0.25, 0.3) is 0 Å². The fourth-order valence-corrected chi connectivity index (χ4v) is 2.18. The van der Waals surface area contributed by atoms with Gasteiger partial charge < -0.3 is 9.47 Å². The van der Waals surface area contributed by atoms with Gasteiger partial charge in [0, 0.05) is 0 Å². The third-order valence-electron chi connectivity index (χ3n) is 2.46. The number of sulfonamides is 1. The second-order valence-corrected chi connectivity index (χ2v) is 6.74. The van der Waals surface area contributed by atoms with Gasteiger partial charge in [-0.05, 0) is 38.8 Å². The summed E-state index contributed by atoms with van der Waals surface area (Å²) in [5.74, 6) is 1.00. The Labute approximate surface area is 114 Å². The van der Waals surface area contributed by atoms with Gasteiger partial charge in [0.05, 0.1) is 18.5 Å². The number of para-hydroxylation sites is 1. The van der Waals surface area contributed by atoms with E-state index in [1.54, 1.807) is 18.2 Å². The SMILES string of the molecule is CC(C)Oc1cccc(OC2CC2)c1NS(C)(=O)=O. The molecule has 1 aromatic rings. The maximum absolute atomic E-state index is 11.5. The van der Waals surface area contributed by atoms with Crippen molar-refractivity contribution in [2.45, 2.75) is 38.9 Å². The second-order valence-electron chi connectivity index (χ2n) is 4.99. The summed E-state index contributed by atoms with van der Waals surface area (Å²) in [4.78, 5) is 0. The lowest BCUT2D eigenvalue weighted by molar-refractivity contribution is 0.241. The van der Waals surface area contributed by atoms with Crippen LogP contribution in [-0.4, -0.2) is 26.9 Å². The predicted molar refractivity (Wildman–Crippen MR) is 74.3 cm³/mol. The summed E-state index contributed by atoms with van der Waals surface area (Å²) in [5, 5.41) is 0. The first-order valence-corrected chi connectivity index (χ1v) is 8.18. The van der Waals surface area contributed by atoms with Crippen molar-refractivity contribution in [3.63, 3.8) is 0 Å². The molecule has 106 valence electrons. The summed E-state index contributed by atoms with van der Waals surface area (Å²) in [7, 11) is -3.38. The van der Waals surface area contributed by atoms with Crippen molar-refractivity contribution in [2.75, 3.05) is 11.0 Å². The predicted octanol–water partition coefficient (Wildman–Crippen LogP) is 2.39. The van der Waals surface area contributed by atoms with Gasteiger partial charge in [0.2, 0.25) is 10.0 Å². The van der Waals surface area contributed by atoms with Crippen LogP contribution < -0.4 is 14.2 Å². The molecule has 1 aromatic carbocycles. The molecule has 0 heterocycles. The first kappa shape index (κ1) is 14.0. The van der Waals surface area contributed by atoms with E-state index in [9.17, 15) is 8.42 Å². The zero-order valence-corrected chi connectivity index (χ0v) is 12.2. The summed E-state index contributed by atoms with van der Waals surface area (Å²) in [6.07, 6.45) is 3.27. The van der Waals surface area contributed by atoms with E-state index < -0.39 is 10.0 Å². The molecular weight excluding hydrogens is 266 g/mol. The Balaban J connectivity index is 2.34. The van der Waals surface area contributed by atoms with E-state index in [4.69, 9.17) is 9.47 Å². The van der Waals surface area contributed by atoms with Crippen molar-refractivity contribution in [3.05, 3.63) is 18.2 Å². The number of rotatable bonds is 6. The van der Waals surface area contributed by atoms with Gasteiger partial charge in [-0.3, -0.25) is 4.72 Å². The van der Waals surface area contributed by atoms with Crippen LogP contribution in [0.4, 0.5) is 5.69 Å². The number of nitrogens with one attached hydrogen (secondary N) is 1. The zero-order valence-electron chi connectivity index (χ0n) is 11.3. The molecular formula is C13H19NO4S. The van der Waals surface area contributed by atoms with Gasteiger partial charge in [0.1, 0.15) is 17.2 Å². The van der Waals surface area contributed by atoms with Crippen LogP contribution in [0.2, 0.25) is 0 Å². The van der Waals surface area contributed by atoms with E-state index in [-0.39, 0.29) is 12.2 Å². The molecule has 2 rings (SSSR count). The minimum atomic E-state index is -3.38. The van der Waals surface area contributed by atoms with Gasteiger partial charge in [-0.1, -0.05) is 6.07 Å². The minimum absolute atomic E-state index is 0.0451. The van der Waals surface area contributed by atoms with Crippen molar-refractivity contribution < 1.29 is 17.9 Å². The first-order valence-electron chi connectivity index (χ1n) is 6.29. The average molecular weight is 285 g/mol. The molecule has 5 nitrogen and oxygen atoms in total. The highest BCUT2D eigenvalue weighted by Crippen LogP contribution is 2.39. The van der Waals surface area contributed by atoms with E-state index in [0.717, 1.165) is 19.1 Å². The van der Waals surface area contributed by atoms with Gasteiger partial charge in [0.15, 0.2) is 0 Å². The highest BCUT2D eigenvalue weighted by molar-refractivity contribution is 7.92. The lowest BCUT2D eigenvalue weighted by Crippen LogP contribution is -2.14.